The molecule has 24 heavy (non-hydrogen) atoms. The minimum absolute atomic E-state index is 0.0195. The molecule has 1 amide bonds. The second-order valence-electron chi connectivity index (χ2n) is 5.09. The van der Waals surface area contributed by atoms with E-state index in [2.05, 4.69) is 20.8 Å². The van der Waals surface area contributed by atoms with Gasteiger partial charge in [-0.2, -0.15) is 5.10 Å². The van der Waals surface area contributed by atoms with Gasteiger partial charge in [-0.1, -0.05) is 46.6 Å². The van der Waals surface area contributed by atoms with Crippen LogP contribution in [0.2, 0.25) is 10.0 Å². The van der Waals surface area contributed by atoms with Crippen LogP contribution in [-0.4, -0.2) is 26.6 Å². The third-order valence-corrected chi connectivity index (χ3v) is 3.93. The molecular formula is C16H13Cl2N5O. The van der Waals surface area contributed by atoms with Gasteiger partial charge in [0.05, 0.1) is 16.3 Å². The van der Waals surface area contributed by atoms with Gasteiger partial charge < -0.3 is 0 Å². The van der Waals surface area contributed by atoms with Crippen molar-refractivity contribution in [1.82, 2.24) is 20.4 Å². The Morgan fingerprint density at radius 1 is 1.25 bits per heavy atom. The number of amides is 1. The van der Waals surface area contributed by atoms with Crippen molar-refractivity contribution in [3.05, 3.63) is 58.1 Å². The number of hydrogen-bond acceptors (Lipinski definition) is 4. The molecule has 1 heterocycles. The highest BCUT2D eigenvalue weighted by molar-refractivity contribution is 6.37. The van der Waals surface area contributed by atoms with E-state index in [4.69, 9.17) is 23.2 Å². The Bertz CT molecular complexity index is 935. The van der Waals surface area contributed by atoms with Gasteiger partial charge in [-0.15, -0.1) is 5.10 Å². The van der Waals surface area contributed by atoms with Crippen LogP contribution in [0, 0.1) is 0 Å². The Morgan fingerprint density at radius 2 is 2.04 bits per heavy atom. The van der Waals surface area contributed by atoms with E-state index in [0.29, 0.717) is 21.3 Å². The fourth-order valence-corrected chi connectivity index (χ4v) is 2.74. The van der Waals surface area contributed by atoms with Gasteiger partial charge in [-0.25, -0.2) is 10.1 Å². The lowest BCUT2D eigenvalue weighted by atomic mass is 10.1. The number of hydrazone groups is 1. The zero-order valence-electron chi connectivity index (χ0n) is 12.7. The molecule has 3 rings (SSSR count). The lowest BCUT2D eigenvalue weighted by Gasteiger charge is -2.05. The van der Waals surface area contributed by atoms with Crippen molar-refractivity contribution >= 4 is 45.9 Å². The Balaban J connectivity index is 1.70. The molecule has 1 aromatic heterocycles. The second kappa shape index (κ2) is 6.98. The first-order chi connectivity index (χ1) is 11.5. The predicted molar refractivity (Wildman–Crippen MR) is 94.3 cm³/mol. The number of nitrogens with zero attached hydrogens (tertiary/aromatic N) is 4. The maximum absolute atomic E-state index is 12.1. The monoisotopic (exact) mass is 361 g/mol. The molecule has 0 unspecified atom stereocenters. The molecule has 0 spiro atoms. The number of nitrogens with one attached hydrogen (secondary N) is 1. The van der Waals surface area contributed by atoms with Crippen molar-refractivity contribution in [3.8, 4) is 0 Å². The Labute approximate surface area is 148 Å². The van der Waals surface area contributed by atoms with Crippen LogP contribution in [0.5, 0.6) is 0 Å². The van der Waals surface area contributed by atoms with Crippen LogP contribution in [0.3, 0.4) is 0 Å². The standard InChI is InChI=1S/C16H13Cl2N5O/c1-10(12-7-6-11(17)8-13(12)18)19-21-16(24)9-23-15-5-3-2-4-14(15)20-22-23/h2-8H,9H2,1H3,(H,21,24)/b19-10-. The van der Waals surface area contributed by atoms with Crippen LogP contribution >= 0.6 is 23.2 Å². The molecule has 1 N–H and O–H groups in total. The summed E-state index contributed by atoms with van der Waals surface area (Å²) in [5.74, 6) is -0.310. The maximum atomic E-state index is 12.1. The van der Waals surface area contributed by atoms with Gasteiger partial charge in [0.25, 0.3) is 5.91 Å². The van der Waals surface area contributed by atoms with Crippen molar-refractivity contribution < 1.29 is 4.79 Å². The van der Waals surface area contributed by atoms with E-state index < -0.39 is 0 Å². The molecule has 0 aliphatic carbocycles. The minimum atomic E-state index is -0.310. The minimum Gasteiger partial charge on any atom is -0.271 e. The van der Waals surface area contributed by atoms with E-state index in [0.717, 1.165) is 11.0 Å². The highest BCUT2D eigenvalue weighted by Crippen LogP contribution is 2.21. The molecule has 8 heteroatoms. The first kappa shape index (κ1) is 16.4. The fraction of sp³-hybridized carbons (Fsp3) is 0.125. The molecule has 6 nitrogen and oxygen atoms in total. The molecule has 0 saturated heterocycles. The summed E-state index contributed by atoms with van der Waals surface area (Å²) in [5, 5.41) is 13.1. The van der Waals surface area contributed by atoms with Crippen molar-refractivity contribution in [1.29, 1.82) is 0 Å². The van der Waals surface area contributed by atoms with Crippen LogP contribution < -0.4 is 5.43 Å². The van der Waals surface area contributed by atoms with Crippen LogP contribution in [0.4, 0.5) is 0 Å². The first-order valence-corrected chi connectivity index (χ1v) is 7.87. The molecule has 0 bridgehead atoms. The summed E-state index contributed by atoms with van der Waals surface area (Å²) < 4.78 is 1.52. The van der Waals surface area contributed by atoms with E-state index in [1.54, 1.807) is 25.1 Å². The number of halogens is 2. The molecule has 0 fully saturated rings. The van der Waals surface area contributed by atoms with Gasteiger partial charge >= 0.3 is 0 Å². The topological polar surface area (TPSA) is 72.2 Å². The highest BCUT2D eigenvalue weighted by Gasteiger charge is 2.09. The summed E-state index contributed by atoms with van der Waals surface area (Å²) in [5.41, 5.74) is 5.29. The Kier molecular flexibility index (Phi) is 4.78. The Hall–Kier alpha value is -2.44. The second-order valence-corrected chi connectivity index (χ2v) is 5.94. The van der Waals surface area contributed by atoms with E-state index in [1.165, 1.54) is 4.68 Å². The number of aromatic nitrogens is 3. The number of carbonyl (C=O) groups excluding carboxylic acids is 1. The normalized spacial score (nSPS) is 11.7. The van der Waals surface area contributed by atoms with Crippen LogP contribution in [-0.2, 0) is 11.3 Å². The summed E-state index contributed by atoms with van der Waals surface area (Å²) in [6.45, 7) is 1.77. The van der Waals surface area contributed by atoms with E-state index in [1.807, 2.05) is 24.3 Å². The van der Waals surface area contributed by atoms with Crippen molar-refractivity contribution in [3.63, 3.8) is 0 Å². The molecule has 0 saturated carbocycles. The van der Waals surface area contributed by atoms with E-state index >= 15 is 0 Å². The molecule has 3 aromatic rings. The third-order valence-electron chi connectivity index (χ3n) is 3.38. The summed E-state index contributed by atoms with van der Waals surface area (Å²) in [7, 11) is 0. The highest BCUT2D eigenvalue weighted by atomic mass is 35.5. The SMILES string of the molecule is C/C(=N/NC(=O)Cn1nnc2ccccc21)c1ccc(Cl)cc1Cl. The molecule has 2 aromatic carbocycles. The number of benzene rings is 2. The first-order valence-electron chi connectivity index (χ1n) is 7.11. The summed E-state index contributed by atoms with van der Waals surface area (Å²) >= 11 is 12.0. The zero-order chi connectivity index (χ0) is 17.1. The number of hydrogen-bond donors (Lipinski definition) is 1. The lowest BCUT2D eigenvalue weighted by Crippen LogP contribution is -2.24. The number of rotatable bonds is 4. The number of para-hydroxylation sites is 1. The van der Waals surface area contributed by atoms with Crippen LogP contribution in [0.25, 0.3) is 11.0 Å². The molecule has 0 radical (unpaired) electrons. The number of carbonyl (C=O) groups is 1. The largest absolute Gasteiger partial charge is 0.271 e. The van der Waals surface area contributed by atoms with Gasteiger partial charge in [0.15, 0.2) is 0 Å². The molecule has 0 aliphatic heterocycles. The average Bonchev–Trinajstić information content (AvgIpc) is 2.96. The zero-order valence-corrected chi connectivity index (χ0v) is 14.2. The molecule has 0 aliphatic rings. The molecule has 0 atom stereocenters. The maximum Gasteiger partial charge on any atom is 0.261 e. The van der Waals surface area contributed by atoms with Crippen LogP contribution in [0.15, 0.2) is 47.6 Å². The number of fused-ring (bicyclic) bond motifs is 1. The fourth-order valence-electron chi connectivity index (χ4n) is 2.19. The quantitative estimate of drug-likeness (QED) is 0.572. The van der Waals surface area contributed by atoms with Crippen molar-refractivity contribution in [2.75, 3.05) is 0 Å². The van der Waals surface area contributed by atoms with Gasteiger partial charge in [-0.3, -0.25) is 4.79 Å². The van der Waals surface area contributed by atoms with Crippen LogP contribution in [0.1, 0.15) is 12.5 Å². The lowest BCUT2D eigenvalue weighted by molar-refractivity contribution is -0.121. The van der Waals surface area contributed by atoms with Crippen molar-refractivity contribution in [2.45, 2.75) is 13.5 Å². The van der Waals surface area contributed by atoms with Gasteiger partial charge in [0, 0.05) is 10.6 Å². The predicted octanol–water partition coefficient (Wildman–Crippen LogP) is 3.28. The third kappa shape index (κ3) is 3.55. The van der Waals surface area contributed by atoms with E-state index in [9.17, 15) is 4.79 Å². The molecule has 122 valence electrons. The Morgan fingerprint density at radius 3 is 2.83 bits per heavy atom. The average molecular weight is 362 g/mol. The smallest absolute Gasteiger partial charge is 0.261 e. The van der Waals surface area contributed by atoms with Gasteiger partial charge in [-0.05, 0) is 31.2 Å². The van der Waals surface area contributed by atoms with E-state index in [-0.39, 0.29) is 12.5 Å². The molecular weight excluding hydrogens is 349 g/mol. The summed E-state index contributed by atoms with van der Waals surface area (Å²) in [4.78, 5) is 12.1. The summed E-state index contributed by atoms with van der Waals surface area (Å²) in [6.07, 6.45) is 0. The van der Waals surface area contributed by atoms with Gasteiger partial charge in [0.1, 0.15) is 12.1 Å². The van der Waals surface area contributed by atoms with Crippen molar-refractivity contribution in [2.24, 2.45) is 5.10 Å². The summed E-state index contributed by atoms with van der Waals surface area (Å²) in [6, 6.07) is 12.5. The van der Waals surface area contributed by atoms with Gasteiger partial charge in [0.2, 0.25) is 0 Å².